The third-order valence-corrected chi connectivity index (χ3v) is 2.61. The number of hydrogen-bond donors (Lipinski definition) is 3. The van der Waals surface area contributed by atoms with Gasteiger partial charge in [-0.2, -0.15) is 5.10 Å². The Morgan fingerprint density at radius 2 is 2.16 bits per heavy atom. The standard InChI is InChI=1S/C13H14FN3O2/c1-8(7-18)15-13(19)12-6-11(16-17-12)9-2-4-10(14)5-3-9/h2-6,8,18H,7H2,1H3,(H,15,19)(H,16,17). The second-order valence-corrected chi connectivity index (χ2v) is 4.23. The monoisotopic (exact) mass is 263 g/mol. The summed E-state index contributed by atoms with van der Waals surface area (Å²) in [6.45, 7) is 1.56. The first-order valence-electron chi connectivity index (χ1n) is 5.83. The molecule has 0 fully saturated rings. The summed E-state index contributed by atoms with van der Waals surface area (Å²) < 4.78 is 12.8. The Hall–Kier alpha value is -2.21. The summed E-state index contributed by atoms with van der Waals surface area (Å²) in [7, 11) is 0. The Balaban J connectivity index is 2.15. The number of halogens is 1. The topological polar surface area (TPSA) is 78.0 Å². The molecule has 5 nitrogen and oxygen atoms in total. The maximum atomic E-state index is 12.8. The van der Waals surface area contributed by atoms with Gasteiger partial charge in [0, 0.05) is 11.6 Å². The molecule has 1 atom stereocenters. The number of aliphatic hydroxyl groups excluding tert-OH is 1. The molecule has 0 saturated heterocycles. The first kappa shape index (κ1) is 13.2. The number of carbonyl (C=O) groups excluding carboxylic acids is 1. The Morgan fingerprint density at radius 1 is 1.47 bits per heavy atom. The molecule has 1 aromatic heterocycles. The number of rotatable bonds is 4. The fraction of sp³-hybridized carbons (Fsp3) is 0.231. The van der Waals surface area contributed by atoms with Crippen LogP contribution in [0.4, 0.5) is 4.39 Å². The van der Waals surface area contributed by atoms with Gasteiger partial charge in [0.05, 0.1) is 12.3 Å². The molecule has 3 N–H and O–H groups in total. The molecule has 0 radical (unpaired) electrons. The third kappa shape index (κ3) is 3.17. The van der Waals surface area contributed by atoms with Gasteiger partial charge in [0.1, 0.15) is 11.5 Å². The number of benzene rings is 1. The minimum atomic E-state index is -0.345. The summed E-state index contributed by atoms with van der Waals surface area (Å²) in [6.07, 6.45) is 0. The molecule has 100 valence electrons. The van der Waals surface area contributed by atoms with Crippen LogP contribution in [0.15, 0.2) is 30.3 Å². The van der Waals surface area contributed by atoms with Gasteiger partial charge in [0.15, 0.2) is 0 Å². The van der Waals surface area contributed by atoms with Crippen LogP contribution < -0.4 is 5.32 Å². The molecule has 1 heterocycles. The lowest BCUT2D eigenvalue weighted by Gasteiger charge is -2.08. The fourth-order valence-corrected chi connectivity index (χ4v) is 1.55. The summed E-state index contributed by atoms with van der Waals surface area (Å²) >= 11 is 0. The normalized spacial score (nSPS) is 12.2. The number of carbonyl (C=O) groups is 1. The number of aromatic nitrogens is 2. The Labute approximate surface area is 109 Å². The second kappa shape index (κ2) is 5.62. The smallest absolute Gasteiger partial charge is 0.269 e. The second-order valence-electron chi connectivity index (χ2n) is 4.23. The van der Waals surface area contributed by atoms with Crippen molar-refractivity contribution in [2.75, 3.05) is 6.61 Å². The van der Waals surface area contributed by atoms with Crippen molar-refractivity contribution in [2.24, 2.45) is 0 Å². The minimum absolute atomic E-state index is 0.134. The van der Waals surface area contributed by atoms with Gasteiger partial charge in [-0.3, -0.25) is 9.89 Å². The number of hydrogen-bond acceptors (Lipinski definition) is 3. The molecule has 0 saturated carbocycles. The van der Waals surface area contributed by atoms with Crippen LogP contribution in [-0.2, 0) is 0 Å². The van der Waals surface area contributed by atoms with E-state index in [9.17, 15) is 9.18 Å². The van der Waals surface area contributed by atoms with Gasteiger partial charge in [-0.1, -0.05) is 0 Å². The van der Waals surface area contributed by atoms with Crippen molar-refractivity contribution in [1.82, 2.24) is 15.5 Å². The van der Waals surface area contributed by atoms with Crippen LogP contribution in [-0.4, -0.2) is 33.9 Å². The van der Waals surface area contributed by atoms with Crippen LogP contribution >= 0.6 is 0 Å². The zero-order chi connectivity index (χ0) is 13.8. The molecule has 19 heavy (non-hydrogen) atoms. The van der Waals surface area contributed by atoms with Crippen LogP contribution in [0.5, 0.6) is 0 Å². The molecule has 0 aliphatic heterocycles. The van der Waals surface area contributed by atoms with Crippen LogP contribution in [0.2, 0.25) is 0 Å². The van der Waals surface area contributed by atoms with E-state index in [0.717, 1.165) is 0 Å². The summed E-state index contributed by atoms with van der Waals surface area (Å²) in [6, 6.07) is 7.08. The quantitative estimate of drug-likeness (QED) is 0.778. The highest BCUT2D eigenvalue weighted by molar-refractivity contribution is 5.93. The van der Waals surface area contributed by atoms with Crippen molar-refractivity contribution in [3.8, 4) is 11.3 Å². The van der Waals surface area contributed by atoms with E-state index in [2.05, 4.69) is 15.5 Å². The van der Waals surface area contributed by atoms with E-state index in [4.69, 9.17) is 5.11 Å². The molecule has 0 bridgehead atoms. The largest absolute Gasteiger partial charge is 0.394 e. The van der Waals surface area contributed by atoms with Crippen molar-refractivity contribution in [3.63, 3.8) is 0 Å². The zero-order valence-corrected chi connectivity index (χ0v) is 10.4. The van der Waals surface area contributed by atoms with E-state index in [1.165, 1.54) is 12.1 Å². The highest BCUT2D eigenvalue weighted by Crippen LogP contribution is 2.17. The van der Waals surface area contributed by atoms with Gasteiger partial charge < -0.3 is 10.4 Å². The maximum Gasteiger partial charge on any atom is 0.269 e. The highest BCUT2D eigenvalue weighted by atomic mass is 19.1. The Kier molecular flexibility index (Phi) is 3.91. The number of H-pyrrole nitrogens is 1. The zero-order valence-electron chi connectivity index (χ0n) is 10.4. The number of nitrogens with one attached hydrogen (secondary N) is 2. The Morgan fingerprint density at radius 3 is 2.79 bits per heavy atom. The van der Waals surface area contributed by atoms with Gasteiger partial charge >= 0.3 is 0 Å². The lowest BCUT2D eigenvalue weighted by molar-refractivity contribution is 0.0917. The van der Waals surface area contributed by atoms with Crippen molar-refractivity contribution < 1.29 is 14.3 Å². The van der Waals surface area contributed by atoms with Crippen LogP contribution in [0.1, 0.15) is 17.4 Å². The molecule has 0 aliphatic carbocycles. The summed E-state index contributed by atoms with van der Waals surface area (Å²) in [5, 5.41) is 18.1. The summed E-state index contributed by atoms with van der Waals surface area (Å²) in [5.74, 6) is -0.670. The van der Waals surface area contributed by atoms with Gasteiger partial charge in [0.25, 0.3) is 5.91 Å². The molecule has 1 aromatic carbocycles. The number of aliphatic hydroxyl groups is 1. The van der Waals surface area contributed by atoms with E-state index in [0.29, 0.717) is 17.0 Å². The third-order valence-electron chi connectivity index (χ3n) is 2.61. The number of amides is 1. The van der Waals surface area contributed by atoms with Crippen molar-refractivity contribution in [1.29, 1.82) is 0 Å². The van der Waals surface area contributed by atoms with Crippen LogP contribution in [0, 0.1) is 5.82 Å². The minimum Gasteiger partial charge on any atom is -0.394 e. The highest BCUT2D eigenvalue weighted by Gasteiger charge is 2.12. The molecular formula is C13H14FN3O2. The molecule has 0 aliphatic rings. The maximum absolute atomic E-state index is 12.8. The number of nitrogens with zero attached hydrogens (tertiary/aromatic N) is 1. The lowest BCUT2D eigenvalue weighted by atomic mass is 10.1. The molecule has 2 aromatic rings. The van der Waals surface area contributed by atoms with E-state index in [1.807, 2.05) is 0 Å². The van der Waals surface area contributed by atoms with Gasteiger partial charge in [-0.25, -0.2) is 4.39 Å². The molecule has 0 spiro atoms. The predicted octanol–water partition coefficient (Wildman–Crippen LogP) is 1.33. The predicted molar refractivity (Wildman–Crippen MR) is 68.0 cm³/mol. The van der Waals surface area contributed by atoms with Crippen LogP contribution in [0.3, 0.4) is 0 Å². The van der Waals surface area contributed by atoms with Crippen molar-refractivity contribution in [3.05, 3.63) is 41.8 Å². The van der Waals surface area contributed by atoms with Gasteiger partial charge in [-0.15, -0.1) is 0 Å². The van der Waals surface area contributed by atoms with Gasteiger partial charge in [-0.05, 0) is 37.3 Å². The first-order valence-corrected chi connectivity index (χ1v) is 5.83. The van der Waals surface area contributed by atoms with Crippen LogP contribution in [0.25, 0.3) is 11.3 Å². The summed E-state index contributed by atoms with van der Waals surface area (Å²) in [4.78, 5) is 11.8. The molecule has 2 rings (SSSR count). The molecule has 1 amide bonds. The molecule has 1 unspecified atom stereocenters. The van der Waals surface area contributed by atoms with E-state index in [1.54, 1.807) is 25.1 Å². The van der Waals surface area contributed by atoms with Gasteiger partial charge in [0.2, 0.25) is 0 Å². The first-order chi connectivity index (χ1) is 9.10. The van der Waals surface area contributed by atoms with Crippen molar-refractivity contribution >= 4 is 5.91 Å². The van der Waals surface area contributed by atoms with E-state index >= 15 is 0 Å². The Bertz CT molecular complexity index is 566. The number of aromatic amines is 1. The van der Waals surface area contributed by atoms with Crippen molar-refractivity contribution in [2.45, 2.75) is 13.0 Å². The van der Waals surface area contributed by atoms with E-state index in [-0.39, 0.29) is 24.4 Å². The molecule has 6 heteroatoms. The fourth-order valence-electron chi connectivity index (χ4n) is 1.55. The average Bonchev–Trinajstić information content (AvgIpc) is 2.89. The average molecular weight is 263 g/mol. The molecular weight excluding hydrogens is 249 g/mol. The SMILES string of the molecule is CC(CO)NC(=O)c1cc(-c2ccc(F)cc2)n[nH]1. The van der Waals surface area contributed by atoms with E-state index < -0.39 is 0 Å². The lowest BCUT2D eigenvalue weighted by Crippen LogP contribution is -2.35. The summed E-state index contributed by atoms with van der Waals surface area (Å²) in [5.41, 5.74) is 1.56.